The fourth-order valence-corrected chi connectivity index (χ4v) is 1.71. The summed E-state index contributed by atoms with van der Waals surface area (Å²) >= 11 is 0. The van der Waals surface area contributed by atoms with Crippen LogP contribution in [0.15, 0.2) is 18.2 Å². The van der Waals surface area contributed by atoms with Gasteiger partial charge in [0.25, 0.3) is 5.91 Å². The normalized spacial score (nSPS) is 9.79. The van der Waals surface area contributed by atoms with Crippen LogP contribution < -0.4 is 20.9 Å². The number of hydrogen-bond acceptors (Lipinski definition) is 5. The van der Waals surface area contributed by atoms with E-state index in [4.69, 9.17) is 20.9 Å². The summed E-state index contributed by atoms with van der Waals surface area (Å²) in [6.07, 6.45) is 0. The van der Waals surface area contributed by atoms with Crippen LogP contribution in [0.25, 0.3) is 10.9 Å². The van der Waals surface area contributed by atoms with Gasteiger partial charge in [-0.3, -0.25) is 4.79 Å². The van der Waals surface area contributed by atoms with Crippen LogP contribution in [0.5, 0.6) is 11.5 Å². The Labute approximate surface area is 116 Å². The molecule has 7 heteroatoms. The standard InChI is InChI=1S/C12H13N3O3.ClH/c1-17-9-4-6-3-7(12(14)16)11(13)15-8(6)5-10(9)18-2;/h3-5H,1-2H3,(H2,13,15)(H2,14,16);1H. The summed E-state index contributed by atoms with van der Waals surface area (Å²) < 4.78 is 10.3. The number of nitrogens with zero attached hydrogens (tertiary/aromatic N) is 1. The number of hydrogen-bond donors (Lipinski definition) is 2. The van der Waals surface area contributed by atoms with Crippen molar-refractivity contribution in [2.24, 2.45) is 5.73 Å². The molecule has 102 valence electrons. The van der Waals surface area contributed by atoms with Gasteiger partial charge in [-0.25, -0.2) is 4.98 Å². The lowest BCUT2D eigenvalue weighted by atomic mass is 10.1. The summed E-state index contributed by atoms with van der Waals surface area (Å²) in [7, 11) is 3.06. The van der Waals surface area contributed by atoms with E-state index in [-0.39, 0.29) is 23.8 Å². The zero-order valence-electron chi connectivity index (χ0n) is 10.5. The SMILES string of the molecule is COc1cc2cc(C(N)=O)c(N)nc2cc1OC.Cl. The van der Waals surface area contributed by atoms with E-state index in [9.17, 15) is 4.79 Å². The molecule has 1 heterocycles. The molecule has 0 aliphatic heterocycles. The molecular weight excluding hydrogens is 270 g/mol. The van der Waals surface area contributed by atoms with Crippen molar-refractivity contribution in [3.05, 3.63) is 23.8 Å². The number of primary amides is 1. The number of ether oxygens (including phenoxy) is 2. The highest BCUT2D eigenvalue weighted by molar-refractivity contribution is 6.01. The van der Waals surface area contributed by atoms with Gasteiger partial charge in [0.2, 0.25) is 0 Å². The summed E-state index contributed by atoms with van der Waals surface area (Å²) in [5.41, 5.74) is 11.7. The largest absolute Gasteiger partial charge is 0.493 e. The third kappa shape index (κ3) is 2.63. The lowest BCUT2D eigenvalue weighted by Crippen LogP contribution is -2.14. The first-order valence-corrected chi connectivity index (χ1v) is 5.19. The summed E-state index contributed by atoms with van der Waals surface area (Å²) in [6.45, 7) is 0. The zero-order valence-corrected chi connectivity index (χ0v) is 11.3. The summed E-state index contributed by atoms with van der Waals surface area (Å²) in [5, 5.41) is 0.704. The fraction of sp³-hybridized carbons (Fsp3) is 0.167. The molecule has 0 radical (unpaired) electrons. The number of methoxy groups -OCH3 is 2. The number of aromatic nitrogens is 1. The molecule has 0 saturated heterocycles. The van der Waals surface area contributed by atoms with E-state index in [1.165, 1.54) is 14.2 Å². The molecule has 4 N–H and O–H groups in total. The molecule has 1 amide bonds. The van der Waals surface area contributed by atoms with Crippen molar-refractivity contribution in [3.63, 3.8) is 0 Å². The lowest BCUT2D eigenvalue weighted by molar-refractivity contribution is 0.100. The Kier molecular flexibility index (Phi) is 4.39. The van der Waals surface area contributed by atoms with E-state index in [2.05, 4.69) is 4.98 Å². The molecule has 2 rings (SSSR count). The van der Waals surface area contributed by atoms with E-state index < -0.39 is 5.91 Å². The number of carbonyl (C=O) groups excluding carboxylic acids is 1. The van der Waals surface area contributed by atoms with Gasteiger partial charge in [-0.2, -0.15) is 0 Å². The van der Waals surface area contributed by atoms with Gasteiger partial charge in [0, 0.05) is 11.5 Å². The summed E-state index contributed by atoms with van der Waals surface area (Å²) in [4.78, 5) is 15.3. The Hall–Kier alpha value is -2.21. The maximum Gasteiger partial charge on any atom is 0.252 e. The van der Waals surface area contributed by atoms with Gasteiger partial charge in [-0.15, -0.1) is 12.4 Å². The predicted octanol–water partition coefficient (Wildman–Crippen LogP) is 1.35. The van der Waals surface area contributed by atoms with Gasteiger partial charge in [0.1, 0.15) is 5.82 Å². The fourth-order valence-electron chi connectivity index (χ4n) is 1.71. The van der Waals surface area contributed by atoms with Gasteiger partial charge >= 0.3 is 0 Å². The molecular formula is C12H14ClN3O3. The van der Waals surface area contributed by atoms with Gasteiger partial charge in [0.15, 0.2) is 11.5 Å². The molecule has 0 saturated carbocycles. The Morgan fingerprint density at radius 3 is 2.26 bits per heavy atom. The van der Waals surface area contributed by atoms with Crippen molar-refractivity contribution < 1.29 is 14.3 Å². The van der Waals surface area contributed by atoms with Gasteiger partial charge in [0.05, 0.1) is 25.3 Å². The van der Waals surface area contributed by atoms with Crippen molar-refractivity contribution >= 4 is 35.0 Å². The second kappa shape index (κ2) is 5.62. The molecule has 6 nitrogen and oxygen atoms in total. The van der Waals surface area contributed by atoms with E-state index >= 15 is 0 Å². The number of fused-ring (bicyclic) bond motifs is 1. The van der Waals surface area contributed by atoms with Crippen molar-refractivity contribution in [2.75, 3.05) is 20.0 Å². The summed E-state index contributed by atoms with van der Waals surface area (Å²) in [5.74, 6) is 0.578. The van der Waals surface area contributed by atoms with Crippen molar-refractivity contribution in [1.82, 2.24) is 4.98 Å². The monoisotopic (exact) mass is 283 g/mol. The number of benzene rings is 1. The minimum Gasteiger partial charge on any atom is -0.493 e. The van der Waals surface area contributed by atoms with Crippen LogP contribution in [0.2, 0.25) is 0 Å². The van der Waals surface area contributed by atoms with Crippen LogP contribution >= 0.6 is 12.4 Å². The lowest BCUT2D eigenvalue weighted by Gasteiger charge is -2.10. The number of nitrogen functional groups attached to an aromatic ring is 1. The van der Waals surface area contributed by atoms with Gasteiger partial charge in [-0.05, 0) is 12.1 Å². The van der Waals surface area contributed by atoms with E-state index in [0.29, 0.717) is 22.4 Å². The van der Waals surface area contributed by atoms with Crippen LogP contribution in [-0.4, -0.2) is 25.1 Å². The second-order valence-electron chi connectivity index (χ2n) is 3.69. The van der Waals surface area contributed by atoms with E-state index in [1.54, 1.807) is 18.2 Å². The number of nitrogens with two attached hydrogens (primary N) is 2. The van der Waals surface area contributed by atoms with Crippen LogP contribution in [0.3, 0.4) is 0 Å². The number of halogens is 1. The minimum absolute atomic E-state index is 0. The quantitative estimate of drug-likeness (QED) is 0.885. The molecule has 2 aromatic rings. The smallest absolute Gasteiger partial charge is 0.252 e. The van der Waals surface area contributed by atoms with Gasteiger partial charge in [-0.1, -0.05) is 0 Å². The van der Waals surface area contributed by atoms with Gasteiger partial charge < -0.3 is 20.9 Å². The van der Waals surface area contributed by atoms with E-state index in [1.807, 2.05) is 0 Å². The second-order valence-corrected chi connectivity index (χ2v) is 3.69. The Morgan fingerprint density at radius 2 is 1.74 bits per heavy atom. The van der Waals surface area contributed by atoms with Crippen molar-refractivity contribution in [2.45, 2.75) is 0 Å². The Bertz CT molecular complexity index is 631. The molecule has 19 heavy (non-hydrogen) atoms. The highest BCUT2D eigenvalue weighted by Gasteiger charge is 2.12. The average molecular weight is 284 g/mol. The molecule has 0 bridgehead atoms. The highest BCUT2D eigenvalue weighted by Crippen LogP contribution is 2.32. The molecule has 0 spiro atoms. The number of rotatable bonds is 3. The minimum atomic E-state index is -0.614. The van der Waals surface area contributed by atoms with Crippen LogP contribution in [0.1, 0.15) is 10.4 Å². The molecule has 1 aromatic heterocycles. The zero-order chi connectivity index (χ0) is 13.3. The van der Waals surface area contributed by atoms with E-state index in [0.717, 1.165) is 0 Å². The van der Waals surface area contributed by atoms with Crippen molar-refractivity contribution in [3.8, 4) is 11.5 Å². The third-order valence-electron chi connectivity index (χ3n) is 2.62. The first kappa shape index (κ1) is 14.8. The molecule has 0 fully saturated rings. The van der Waals surface area contributed by atoms with Crippen LogP contribution in [0, 0.1) is 0 Å². The maximum absolute atomic E-state index is 11.2. The molecule has 0 aliphatic carbocycles. The molecule has 0 aliphatic rings. The van der Waals surface area contributed by atoms with Crippen molar-refractivity contribution in [1.29, 1.82) is 0 Å². The Balaban J connectivity index is 0.00000180. The third-order valence-corrected chi connectivity index (χ3v) is 2.62. The maximum atomic E-state index is 11.2. The topological polar surface area (TPSA) is 100 Å². The highest BCUT2D eigenvalue weighted by atomic mass is 35.5. The number of amides is 1. The number of anilines is 1. The first-order valence-electron chi connectivity index (χ1n) is 5.19. The van der Waals surface area contributed by atoms with Crippen LogP contribution in [-0.2, 0) is 0 Å². The summed E-state index contributed by atoms with van der Waals surface area (Å²) in [6, 6.07) is 4.99. The molecule has 0 atom stereocenters. The average Bonchev–Trinajstić information content (AvgIpc) is 2.36. The molecule has 1 aromatic carbocycles. The first-order chi connectivity index (χ1) is 8.56. The predicted molar refractivity (Wildman–Crippen MR) is 75.0 cm³/mol. The van der Waals surface area contributed by atoms with Crippen LogP contribution in [0.4, 0.5) is 5.82 Å². The number of carbonyl (C=O) groups is 1. The number of pyridine rings is 1. The molecule has 0 unspecified atom stereocenters. The Morgan fingerprint density at radius 1 is 1.16 bits per heavy atom.